The molecule has 5 nitrogen and oxygen atoms in total. The molecule has 0 spiro atoms. The van der Waals surface area contributed by atoms with Crippen LogP contribution in [0, 0.1) is 18.8 Å². The summed E-state index contributed by atoms with van der Waals surface area (Å²) in [4.78, 5) is 0.149. The van der Waals surface area contributed by atoms with Gasteiger partial charge in [0.1, 0.15) is 0 Å². The van der Waals surface area contributed by atoms with E-state index in [1.165, 1.54) is 4.31 Å². The lowest BCUT2D eigenvalue weighted by Crippen LogP contribution is -2.39. The molecule has 3 N–H and O–H groups in total. The largest absolute Gasteiger partial charge is 0.395 e. The van der Waals surface area contributed by atoms with E-state index in [4.69, 9.17) is 10.8 Å². The highest BCUT2D eigenvalue weighted by molar-refractivity contribution is 7.89. The first-order chi connectivity index (χ1) is 9.84. The number of hydrogen-bond acceptors (Lipinski definition) is 4. The molecule has 0 atom stereocenters. The van der Waals surface area contributed by atoms with Crippen LogP contribution in [0.2, 0.25) is 0 Å². The zero-order valence-electron chi connectivity index (χ0n) is 12.6. The fraction of sp³-hybridized carbons (Fsp3) is 0.467. The summed E-state index contributed by atoms with van der Waals surface area (Å²) >= 11 is 0. The Morgan fingerprint density at radius 2 is 2.05 bits per heavy atom. The summed E-state index contributed by atoms with van der Waals surface area (Å²) in [5.74, 6) is 5.50. The molecular formula is C15H22N2O3S. The van der Waals surface area contributed by atoms with Gasteiger partial charge in [-0.1, -0.05) is 17.9 Å². The second-order valence-corrected chi connectivity index (χ2v) is 6.80. The standard InChI is InChI=1S/C15H22N2O3S/c1-12(2)17(9-10-18)21(19,20)15-7-6-13(3)11-14(15)5-4-8-16/h6-7,11-12,18H,8-10,16H2,1-3H3. The molecule has 1 aromatic carbocycles. The number of aliphatic hydroxyl groups excluding tert-OH is 1. The minimum Gasteiger partial charge on any atom is -0.395 e. The van der Waals surface area contributed by atoms with Crippen LogP contribution in [-0.4, -0.2) is 43.6 Å². The second-order valence-electron chi connectivity index (χ2n) is 4.94. The molecular weight excluding hydrogens is 288 g/mol. The van der Waals surface area contributed by atoms with Crippen molar-refractivity contribution in [3.05, 3.63) is 29.3 Å². The van der Waals surface area contributed by atoms with Gasteiger partial charge >= 0.3 is 0 Å². The van der Waals surface area contributed by atoms with E-state index in [2.05, 4.69) is 11.8 Å². The smallest absolute Gasteiger partial charge is 0.244 e. The number of rotatable bonds is 5. The molecule has 0 fully saturated rings. The monoisotopic (exact) mass is 310 g/mol. The third-order valence-electron chi connectivity index (χ3n) is 2.94. The van der Waals surface area contributed by atoms with Crippen LogP contribution in [0.3, 0.4) is 0 Å². The van der Waals surface area contributed by atoms with Crippen molar-refractivity contribution in [1.29, 1.82) is 0 Å². The molecule has 0 aliphatic rings. The van der Waals surface area contributed by atoms with Crippen molar-refractivity contribution in [2.45, 2.75) is 31.7 Å². The van der Waals surface area contributed by atoms with Crippen LogP contribution in [0.25, 0.3) is 0 Å². The molecule has 6 heteroatoms. The quantitative estimate of drug-likeness (QED) is 0.784. The molecule has 0 saturated carbocycles. The summed E-state index contributed by atoms with van der Waals surface area (Å²) in [7, 11) is -3.71. The van der Waals surface area contributed by atoms with Gasteiger partial charge in [0.05, 0.1) is 18.0 Å². The SMILES string of the molecule is Cc1ccc(S(=O)(=O)N(CCO)C(C)C)c(C#CCN)c1. The summed E-state index contributed by atoms with van der Waals surface area (Å²) in [6.45, 7) is 5.40. The molecule has 116 valence electrons. The number of sulfonamides is 1. The van der Waals surface area contributed by atoms with Crippen LogP contribution in [-0.2, 0) is 10.0 Å². The van der Waals surface area contributed by atoms with Gasteiger partial charge in [0.25, 0.3) is 0 Å². The molecule has 0 radical (unpaired) electrons. The van der Waals surface area contributed by atoms with Crippen LogP contribution in [0.15, 0.2) is 23.1 Å². The Morgan fingerprint density at radius 1 is 1.38 bits per heavy atom. The number of nitrogens with zero attached hydrogens (tertiary/aromatic N) is 1. The minimum atomic E-state index is -3.71. The van der Waals surface area contributed by atoms with Crippen molar-refractivity contribution in [1.82, 2.24) is 4.31 Å². The number of benzene rings is 1. The second kappa shape index (κ2) is 7.57. The van der Waals surface area contributed by atoms with Gasteiger partial charge in [-0.05, 0) is 38.5 Å². The van der Waals surface area contributed by atoms with Crippen molar-refractivity contribution in [2.24, 2.45) is 5.73 Å². The third-order valence-corrected chi connectivity index (χ3v) is 5.08. The van der Waals surface area contributed by atoms with Crippen LogP contribution in [0.5, 0.6) is 0 Å². The normalized spacial score (nSPS) is 11.6. The summed E-state index contributed by atoms with van der Waals surface area (Å²) < 4.78 is 26.8. The number of aliphatic hydroxyl groups is 1. The average Bonchev–Trinajstić information content (AvgIpc) is 2.41. The molecule has 0 aliphatic heterocycles. The lowest BCUT2D eigenvalue weighted by Gasteiger charge is -2.25. The van der Waals surface area contributed by atoms with Gasteiger partial charge in [0.2, 0.25) is 10.0 Å². The molecule has 1 rings (SSSR count). The molecule has 0 unspecified atom stereocenters. The Balaban J connectivity index is 3.42. The van der Waals surface area contributed by atoms with Gasteiger partial charge in [0.15, 0.2) is 0 Å². The first-order valence-electron chi connectivity index (χ1n) is 6.77. The van der Waals surface area contributed by atoms with Crippen LogP contribution in [0.1, 0.15) is 25.0 Å². The minimum absolute atomic E-state index is 0.0532. The fourth-order valence-electron chi connectivity index (χ4n) is 1.99. The first-order valence-corrected chi connectivity index (χ1v) is 8.21. The van der Waals surface area contributed by atoms with Gasteiger partial charge in [0, 0.05) is 18.2 Å². The van der Waals surface area contributed by atoms with Gasteiger partial charge in [-0.15, -0.1) is 0 Å². The van der Waals surface area contributed by atoms with Gasteiger partial charge in [-0.25, -0.2) is 8.42 Å². The molecule has 1 aromatic rings. The maximum atomic E-state index is 12.8. The van der Waals surface area contributed by atoms with E-state index in [0.717, 1.165) is 5.56 Å². The fourth-order valence-corrected chi connectivity index (χ4v) is 3.75. The summed E-state index contributed by atoms with van der Waals surface area (Å²) in [5.41, 5.74) is 6.72. The highest BCUT2D eigenvalue weighted by atomic mass is 32.2. The zero-order chi connectivity index (χ0) is 16.0. The molecule has 21 heavy (non-hydrogen) atoms. The van der Waals surface area contributed by atoms with Crippen molar-refractivity contribution in [3.63, 3.8) is 0 Å². The van der Waals surface area contributed by atoms with E-state index in [9.17, 15) is 8.42 Å². The molecule has 0 bridgehead atoms. The predicted octanol–water partition coefficient (Wildman–Crippen LogP) is 0.697. The summed E-state index contributed by atoms with van der Waals surface area (Å²) in [6.07, 6.45) is 0. The zero-order valence-corrected chi connectivity index (χ0v) is 13.4. The van der Waals surface area contributed by atoms with E-state index >= 15 is 0 Å². The number of hydrogen-bond donors (Lipinski definition) is 2. The third kappa shape index (κ3) is 4.29. The van der Waals surface area contributed by atoms with Crippen molar-refractivity contribution in [3.8, 4) is 11.8 Å². The van der Waals surface area contributed by atoms with Crippen molar-refractivity contribution < 1.29 is 13.5 Å². The van der Waals surface area contributed by atoms with Gasteiger partial charge < -0.3 is 10.8 Å². The Labute approximate surface area is 126 Å². The van der Waals surface area contributed by atoms with Gasteiger partial charge in [-0.2, -0.15) is 4.31 Å². The molecule has 0 heterocycles. The molecule has 0 aliphatic carbocycles. The lowest BCUT2D eigenvalue weighted by atomic mass is 10.1. The average molecular weight is 310 g/mol. The highest BCUT2D eigenvalue weighted by Gasteiger charge is 2.28. The first kappa shape index (κ1) is 17.7. The topological polar surface area (TPSA) is 83.6 Å². The number of nitrogens with two attached hydrogens (primary N) is 1. The van der Waals surface area contributed by atoms with Gasteiger partial charge in [-0.3, -0.25) is 0 Å². The molecule has 0 saturated heterocycles. The van der Waals surface area contributed by atoms with E-state index in [-0.39, 0.29) is 30.6 Å². The molecule has 0 aromatic heterocycles. The van der Waals surface area contributed by atoms with E-state index in [1.807, 2.05) is 6.92 Å². The Hall–Kier alpha value is -1.39. The van der Waals surface area contributed by atoms with Crippen molar-refractivity contribution in [2.75, 3.05) is 19.7 Å². The maximum Gasteiger partial charge on any atom is 0.244 e. The predicted molar refractivity (Wildman–Crippen MR) is 83.2 cm³/mol. The Morgan fingerprint density at radius 3 is 2.57 bits per heavy atom. The van der Waals surface area contributed by atoms with Crippen LogP contribution < -0.4 is 5.73 Å². The highest BCUT2D eigenvalue weighted by Crippen LogP contribution is 2.22. The lowest BCUT2D eigenvalue weighted by molar-refractivity contribution is 0.236. The molecule has 0 amide bonds. The summed E-state index contributed by atoms with van der Waals surface area (Å²) in [6, 6.07) is 4.77. The van der Waals surface area contributed by atoms with Crippen molar-refractivity contribution >= 4 is 10.0 Å². The van der Waals surface area contributed by atoms with Crippen LogP contribution >= 0.6 is 0 Å². The number of aryl methyl sites for hydroxylation is 1. The van der Waals surface area contributed by atoms with E-state index in [1.54, 1.807) is 32.0 Å². The Bertz CT molecular complexity index is 643. The summed E-state index contributed by atoms with van der Waals surface area (Å²) in [5, 5.41) is 9.10. The van der Waals surface area contributed by atoms with E-state index in [0.29, 0.717) is 5.56 Å². The van der Waals surface area contributed by atoms with Crippen LogP contribution in [0.4, 0.5) is 0 Å². The Kier molecular flexibility index (Phi) is 6.37. The van der Waals surface area contributed by atoms with E-state index < -0.39 is 10.0 Å². The maximum absolute atomic E-state index is 12.8.